The molecule has 0 aliphatic carbocycles. The molecule has 0 spiro atoms. The lowest BCUT2D eigenvalue weighted by Gasteiger charge is -2.13. The Balaban J connectivity index is 2.15. The van der Waals surface area contributed by atoms with Gasteiger partial charge in [-0.05, 0) is 53.9 Å². The van der Waals surface area contributed by atoms with Crippen molar-refractivity contribution >= 4 is 33.0 Å². The van der Waals surface area contributed by atoms with Crippen molar-refractivity contribution in [1.29, 1.82) is 0 Å². The number of aryl methyl sites for hydroxylation is 1. The second kappa shape index (κ2) is 5.27. The molecule has 0 bridgehead atoms. The number of halogens is 1. The van der Waals surface area contributed by atoms with Crippen molar-refractivity contribution in [2.45, 2.75) is 33.2 Å². The zero-order chi connectivity index (χ0) is 12.4. The highest BCUT2D eigenvalue weighted by Crippen LogP contribution is 2.31. The van der Waals surface area contributed by atoms with Crippen LogP contribution in [0.3, 0.4) is 0 Å². The molecule has 92 valence electrons. The van der Waals surface area contributed by atoms with E-state index in [0.717, 1.165) is 16.9 Å². The number of thiophene rings is 1. The van der Waals surface area contributed by atoms with Gasteiger partial charge in [0.25, 0.3) is 0 Å². The van der Waals surface area contributed by atoms with Crippen molar-refractivity contribution in [1.82, 2.24) is 0 Å². The van der Waals surface area contributed by atoms with Crippen LogP contribution in [0.1, 0.15) is 36.1 Å². The molecule has 0 radical (unpaired) electrons. The standard InChI is InChI=1S/C13H16BrNOS/c1-4-10-9(3)17-7-11(10)15-8(2)12-5-6-13(14)16-12/h5-8,15H,4H2,1-3H3. The van der Waals surface area contributed by atoms with Crippen LogP contribution in [0, 0.1) is 6.92 Å². The summed E-state index contributed by atoms with van der Waals surface area (Å²) in [4.78, 5) is 1.39. The molecule has 17 heavy (non-hydrogen) atoms. The van der Waals surface area contributed by atoms with Crippen molar-refractivity contribution in [2.75, 3.05) is 5.32 Å². The molecule has 0 aliphatic heterocycles. The molecular formula is C13H16BrNOS. The number of hydrogen-bond acceptors (Lipinski definition) is 3. The van der Waals surface area contributed by atoms with Crippen LogP contribution in [0.4, 0.5) is 5.69 Å². The first-order chi connectivity index (χ1) is 8.11. The van der Waals surface area contributed by atoms with E-state index in [1.165, 1.54) is 16.1 Å². The lowest BCUT2D eigenvalue weighted by molar-refractivity contribution is 0.471. The van der Waals surface area contributed by atoms with Gasteiger partial charge in [-0.2, -0.15) is 0 Å². The van der Waals surface area contributed by atoms with E-state index in [-0.39, 0.29) is 6.04 Å². The highest BCUT2D eigenvalue weighted by molar-refractivity contribution is 9.10. The molecule has 0 aliphatic rings. The van der Waals surface area contributed by atoms with Gasteiger partial charge in [-0.15, -0.1) is 11.3 Å². The normalized spacial score (nSPS) is 12.7. The Morgan fingerprint density at radius 2 is 2.24 bits per heavy atom. The molecule has 0 fully saturated rings. The zero-order valence-corrected chi connectivity index (χ0v) is 12.6. The molecule has 2 rings (SSSR count). The molecule has 2 nitrogen and oxygen atoms in total. The number of furan rings is 1. The van der Waals surface area contributed by atoms with Crippen molar-refractivity contribution in [3.05, 3.63) is 38.4 Å². The lowest BCUT2D eigenvalue weighted by atomic mass is 10.1. The molecule has 1 unspecified atom stereocenters. The quantitative estimate of drug-likeness (QED) is 0.844. The van der Waals surface area contributed by atoms with Crippen LogP contribution in [0.5, 0.6) is 0 Å². The Hall–Kier alpha value is -0.740. The third-order valence-electron chi connectivity index (χ3n) is 2.85. The molecular weight excluding hydrogens is 298 g/mol. The second-order valence-electron chi connectivity index (χ2n) is 4.05. The topological polar surface area (TPSA) is 25.2 Å². The van der Waals surface area contributed by atoms with Gasteiger partial charge in [-0.3, -0.25) is 0 Å². The van der Waals surface area contributed by atoms with Crippen molar-refractivity contribution in [2.24, 2.45) is 0 Å². The number of nitrogens with one attached hydrogen (secondary N) is 1. The predicted octanol–water partition coefficient (Wildman–Crippen LogP) is 5.15. The second-order valence-corrected chi connectivity index (χ2v) is 5.91. The Kier molecular flexibility index (Phi) is 3.94. The summed E-state index contributed by atoms with van der Waals surface area (Å²) in [5.41, 5.74) is 2.64. The van der Waals surface area contributed by atoms with E-state index >= 15 is 0 Å². The third-order valence-corrected chi connectivity index (χ3v) is 4.23. The summed E-state index contributed by atoms with van der Waals surface area (Å²) >= 11 is 5.12. The number of hydrogen-bond donors (Lipinski definition) is 1. The van der Waals surface area contributed by atoms with E-state index < -0.39 is 0 Å². The summed E-state index contributed by atoms with van der Waals surface area (Å²) < 4.78 is 6.33. The van der Waals surface area contributed by atoms with Crippen LogP contribution in [0.15, 0.2) is 26.6 Å². The van der Waals surface area contributed by atoms with Crippen LogP contribution in [0.2, 0.25) is 0 Å². The maximum atomic E-state index is 5.56. The average Bonchev–Trinajstić information content (AvgIpc) is 2.86. The molecule has 2 heterocycles. The van der Waals surface area contributed by atoms with Gasteiger partial charge in [0.1, 0.15) is 5.76 Å². The summed E-state index contributed by atoms with van der Waals surface area (Å²) in [5, 5.41) is 5.69. The van der Waals surface area contributed by atoms with E-state index in [0.29, 0.717) is 0 Å². The van der Waals surface area contributed by atoms with Gasteiger partial charge in [-0.1, -0.05) is 6.92 Å². The van der Waals surface area contributed by atoms with E-state index in [4.69, 9.17) is 4.42 Å². The minimum absolute atomic E-state index is 0.181. The van der Waals surface area contributed by atoms with Gasteiger partial charge < -0.3 is 9.73 Å². The summed E-state index contributed by atoms with van der Waals surface area (Å²) in [6, 6.07) is 4.10. The van der Waals surface area contributed by atoms with Crippen molar-refractivity contribution in [3.8, 4) is 0 Å². The first-order valence-corrected chi connectivity index (χ1v) is 7.37. The molecule has 1 atom stereocenters. The molecule has 4 heteroatoms. The van der Waals surface area contributed by atoms with Crippen molar-refractivity contribution < 1.29 is 4.42 Å². The summed E-state index contributed by atoms with van der Waals surface area (Å²) in [5.74, 6) is 0.947. The largest absolute Gasteiger partial charge is 0.452 e. The molecule has 0 amide bonds. The summed E-state index contributed by atoms with van der Waals surface area (Å²) in [6.07, 6.45) is 1.06. The van der Waals surface area contributed by atoms with Gasteiger partial charge >= 0.3 is 0 Å². The molecule has 0 saturated carbocycles. The Labute approximate surface area is 114 Å². The fraction of sp³-hybridized carbons (Fsp3) is 0.385. The van der Waals surface area contributed by atoms with E-state index in [1.54, 1.807) is 11.3 Å². The summed E-state index contributed by atoms with van der Waals surface area (Å²) in [6.45, 7) is 6.47. The van der Waals surface area contributed by atoms with Crippen LogP contribution in [0.25, 0.3) is 0 Å². The minimum atomic E-state index is 0.181. The minimum Gasteiger partial charge on any atom is -0.452 e. The highest BCUT2D eigenvalue weighted by atomic mass is 79.9. The summed E-state index contributed by atoms with van der Waals surface area (Å²) in [7, 11) is 0. The van der Waals surface area contributed by atoms with E-state index in [1.807, 2.05) is 12.1 Å². The zero-order valence-electron chi connectivity index (χ0n) is 10.2. The Morgan fingerprint density at radius 3 is 2.82 bits per heavy atom. The Morgan fingerprint density at radius 1 is 1.47 bits per heavy atom. The molecule has 2 aromatic heterocycles. The van der Waals surface area contributed by atoms with Crippen LogP contribution >= 0.6 is 27.3 Å². The maximum absolute atomic E-state index is 5.56. The third kappa shape index (κ3) is 2.75. The Bertz CT molecular complexity index is 503. The van der Waals surface area contributed by atoms with Gasteiger partial charge in [0.2, 0.25) is 0 Å². The number of anilines is 1. The maximum Gasteiger partial charge on any atom is 0.169 e. The van der Waals surface area contributed by atoms with Crippen LogP contribution < -0.4 is 5.32 Å². The van der Waals surface area contributed by atoms with E-state index in [2.05, 4.69) is 47.4 Å². The van der Waals surface area contributed by atoms with Gasteiger partial charge in [-0.25, -0.2) is 0 Å². The fourth-order valence-electron chi connectivity index (χ4n) is 1.91. The highest BCUT2D eigenvalue weighted by Gasteiger charge is 2.13. The van der Waals surface area contributed by atoms with E-state index in [9.17, 15) is 0 Å². The molecule has 2 aromatic rings. The smallest absolute Gasteiger partial charge is 0.169 e. The number of rotatable bonds is 4. The molecule has 0 aromatic carbocycles. The van der Waals surface area contributed by atoms with Crippen LogP contribution in [-0.2, 0) is 6.42 Å². The lowest BCUT2D eigenvalue weighted by Crippen LogP contribution is -2.06. The van der Waals surface area contributed by atoms with Gasteiger partial charge in [0.15, 0.2) is 4.67 Å². The molecule has 1 N–H and O–H groups in total. The van der Waals surface area contributed by atoms with Gasteiger partial charge in [0, 0.05) is 15.9 Å². The first kappa shape index (κ1) is 12.7. The van der Waals surface area contributed by atoms with Crippen LogP contribution in [-0.4, -0.2) is 0 Å². The van der Waals surface area contributed by atoms with Crippen molar-refractivity contribution in [3.63, 3.8) is 0 Å². The fourth-order valence-corrected chi connectivity index (χ4v) is 3.13. The van der Waals surface area contributed by atoms with Gasteiger partial charge in [0.05, 0.1) is 6.04 Å². The average molecular weight is 314 g/mol. The SMILES string of the molecule is CCc1c(NC(C)c2ccc(Br)o2)csc1C. The predicted molar refractivity (Wildman–Crippen MR) is 76.9 cm³/mol. The monoisotopic (exact) mass is 313 g/mol. The molecule has 0 saturated heterocycles. The first-order valence-electron chi connectivity index (χ1n) is 5.70.